The second kappa shape index (κ2) is 27.4. The summed E-state index contributed by atoms with van der Waals surface area (Å²) in [5.41, 5.74) is 17.3. The van der Waals surface area contributed by atoms with Gasteiger partial charge in [-0.15, -0.1) is 11.3 Å². The normalized spacial score (nSPS) is 15.5. The molecule has 0 amide bonds. The molecule has 22 heteroatoms. The highest BCUT2D eigenvalue weighted by molar-refractivity contribution is 7.21. The summed E-state index contributed by atoms with van der Waals surface area (Å²) in [6.07, 6.45) is 11.0. The number of likely N-dealkylation sites (tertiary alicyclic amines) is 2. The first kappa shape index (κ1) is 64.4. The van der Waals surface area contributed by atoms with E-state index in [0.29, 0.717) is 73.0 Å². The molecule has 0 saturated carbocycles. The van der Waals surface area contributed by atoms with Crippen molar-refractivity contribution < 1.29 is 17.6 Å². The molecular weight excluding hydrogens is 1260 g/mol. The van der Waals surface area contributed by atoms with Gasteiger partial charge in [-0.1, -0.05) is 19.1 Å². The van der Waals surface area contributed by atoms with E-state index in [1.54, 1.807) is 28.0 Å². The first-order valence-corrected chi connectivity index (χ1v) is 34.9. The van der Waals surface area contributed by atoms with Crippen LogP contribution in [0.4, 0.5) is 13.2 Å². The van der Waals surface area contributed by atoms with Crippen molar-refractivity contribution in [1.29, 1.82) is 0 Å². The molecule has 10 aromatic heterocycles. The van der Waals surface area contributed by atoms with Gasteiger partial charge < -0.3 is 24.1 Å². The molecule has 98 heavy (non-hydrogen) atoms. The summed E-state index contributed by atoms with van der Waals surface area (Å²) in [4.78, 5) is 27.6. The number of piperidine rings is 3. The Morgan fingerprint density at radius 3 is 1.79 bits per heavy atom. The number of benzene rings is 4. The number of thiazole rings is 1. The fraction of sp³-hybridized carbons (Fsp3) is 0.342. The van der Waals surface area contributed by atoms with E-state index < -0.39 is 0 Å². The van der Waals surface area contributed by atoms with Crippen LogP contribution in [0.3, 0.4) is 0 Å². The van der Waals surface area contributed by atoms with Crippen LogP contribution in [0.5, 0.6) is 0 Å². The second-order valence-corrected chi connectivity index (χ2v) is 27.6. The molecule has 0 bridgehead atoms. The number of para-hydroxylation sites is 2. The maximum absolute atomic E-state index is 15.4. The monoisotopic (exact) mass is 1330 g/mol. The number of rotatable bonds is 11. The van der Waals surface area contributed by atoms with Crippen molar-refractivity contribution in [2.45, 2.75) is 118 Å². The molecule has 18 nitrogen and oxygen atoms in total. The van der Waals surface area contributed by atoms with Crippen LogP contribution in [0.15, 0.2) is 120 Å². The summed E-state index contributed by atoms with van der Waals surface area (Å²) in [6, 6.07) is 31.9. The number of nitrogens with one attached hydrogen (secondary N) is 1. The average Bonchev–Trinajstić information content (AvgIpc) is 1.41. The van der Waals surface area contributed by atoms with Gasteiger partial charge >= 0.3 is 0 Å². The Morgan fingerprint density at radius 2 is 1.12 bits per heavy atom. The molecular formula is C76H76F3N17OS. The SMILES string of the molecule is CCN1CCC(c2cc3c(F)cc(-c4nc5c(C)nc(C)cc5s4)cc3nn2)CC1.Cc1cc2oc(-c3cc(F)c4cc(C5CCNCC5)nnc4c3)cc2c(C)n1.Cc1cn2nc(-c3cc(F)c4cc(C5CCN(CCCn6cnc7ccccc76)CC5)nnc4c3)cc(C)c2n1. The van der Waals surface area contributed by atoms with E-state index in [1.807, 2.05) is 121 Å². The van der Waals surface area contributed by atoms with Crippen LogP contribution >= 0.6 is 11.3 Å². The van der Waals surface area contributed by atoms with E-state index in [4.69, 9.17) is 9.40 Å². The highest BCUT2D eigenvalue weighted by atomic mass is 32.1. The first-order valence-electron chi connectivity index (χ1n) is 34.0. The van der Waals surface area contributed by atoms with Crippen molar-refractivity contribution >= 4 is 81.9 Å². The van der Waals surface area contributed by atoms with Crippen molar-refractivity contribution in [2.75, 3.05) is 52.4 Å². The van der Waals surface area contributed by atoms with Gasteiger partial charge in [-0.05, 0) is 229 Å². The molecule has 0 unspecified atom stereocenters. The summed E-state index contributed by atoms with van der Waals surface area (Å²) in [7, 11) is 0. The second-order valence-electron chi connectivity index (χ2n) is 26.6. The molecule has 3 fully saturated rings. The Bertz CT molecular complexity index is 5320. The van der Waals surface area contributed by atoms with Crippen LogP contribution in [-0.4, -0.2) is 132 Å². The molecule has 0 atom stereocenters. The molecule has 0 spiro atoms. The lowest BCUT2D eigenvalue weighted by Gasteiger charge is -2.31. The molecule has 17 rings (SSSR count). The van der Waals surface area contributed by atoms with E-state index in [9.17, 15) is 4.39 Å². The largest absolute Gasteiger partial charge is 0.456 e. The van der Waals surface area contributed by atoms with Gasteiger partial charge in [0.05, 0.1) is 79.0 Å². The lowest BCUT2D eigenvalue weighted by atomic mass is 9.92. The summed E-state index contributed by atoms with van der Waals surface area (Å²) >= 11 is 1.55. The quantitative estimate of drug-likeness (QED) is 0.128. The van der Waals surface area contributed by atoms with Crippen molar-refractivity contribution in [1.82, 2.24) is 84.8 Å². The standard InChI is InChI=1S/C31H31FN8.C23H24FN5S.C22H21FN4O/c1-20-14-28(37-40-18-21(2)34-31(20)40)23-15-25(32)24-17-27(35-36-29(24)16-23)22-8-12-38(13-9-22)10-5-11-39-19-33-26-6-3-4-7-30(26)39;1-4-29-7-5-15(6-8-29)19-12-17-18(24)10-16(11-20(17)28-27-19)23-26-22-14(3)25-13(2)9-21(22)30-23;1-12-7-22-16(13(2)25-12)11-21(28-22)15-8-18(23)17-10-19(26-27-20(17)9-15)14-3-5-24-6-4-14/h3-4,6-7,14-19,22H,5,8-13H2,1-2H3;9-12,15H,4-8H2,1-3H3;7-11,14,24H,3-6H2,1-2H3. The third-order valence-corrected chi connectivity index (χ3v) is 20.8. The summed E-state index contributed by atoms with van der Waals surface area (Å²) in [6.45, 7) is 23.1. The number of furan rings is 1. The molecule has 0 aliphatic carbocycles. The number of imidazole rings is 2. The van der Waals surface area contributed by atoms with Crippen molar-refractivity contribution in [3.63, 3.8) is 0 Å². The van der Waals surface area contributed by atoms with Crippen molar-refractivity contribution in [3.05, 3.63) is 184 Å². The van der Waals surface area contributed by atoms with Gasteiger partial charge in [0.15, 0.2) is 5.65 Å². The summed E-state index contributed by atoms with van der Waals surface area (Å²) in [5, 5.41) is 37.8. The molecule has 1 N–H and O–H groups in total. The highest BCUT2D eigenvalue weighted by Crippen LogP contribution is 2.38. The number of aromatic nitrogens is 14. The van der Waals surface area contributed by atoms with E-state index in [2.05, 4.69) is 100 Å². The molecule has 14 aromatic rings. The number of hydrogen-bond acceptors (Lipinski definition) is 17. The Morgan fingerprint density at radius 1 is 0.541 bits per heavy atom. The molecule has 3 saturated heterocycles. The zero-order valence-corrected chi connectivity index (χ0v) is 56.9. The zero-order valence-electron chi connectivity index (χ0n) is 56.1. The molecule has 4 aromatic carbocycles. The number of pyridine rings is 2. The number of aryl methyl sites for hydroxylation is 7. The van der Waals surface area contributed by atoms with Gasteiger partial charge in [0.25, 0.3) is 0 Å². The smallest absolute Gasteiger partial charge is 0.156 e. The maximum Gasteiger partial charge on any atom is 0.156 e. The van der Waals surface area contributed by atoms with Gasteiger partial charge in [-0.25, -0.2) is 32.6 Å². The summed E-state index contributed by atoms with van der Waals surface area (Å²) < 4.78 is 56.4. The van der Waals surface area contributed by atoms with Crippen LogP contribution in [-0.2, 0) is 6.54 Å². The summed E-state index contributed by atoms with van der Waals surface area (Å²) in [5.74, 6) is 0.725. The number of nitrogens with zero attached hydrogens (tertiary/aromatic N) is 16. The lowest BCUT2D eigenvalue weighted by molar-refractivity contribution is 0.206. The van der Waals surface area contributed by atoms with Crippen LogP contribution in [0, 0.1) is 59.0 Å². The zero-order chi connectivity index (χ0) is 67.3. The minimum Gasteiger partial charge on any atom is -0.456 e. The van der Waals surface area contributed by atoms with Crippen LogP contribution in [0.25, 0.3) is 104 Å². The molecule has 3 aliphatic heterocycles. The molecule has 13 heterocycles. The Kier molecular flexibility index (Phi) is 18.0. The highest BCUT2D eigenvalue weighted by Gasteiger charge is 2.26. The number of fused-ring (bicyclic) bond motifs is 7. The minimum absolute atomic E-state index is 0.269. The molecule has 498 valence electrons. The van der Waals surface area contributed by atoms with Crippen LogP contribution < -0.4 is 5.32 Å². The topological polar surface area (TPSA) is 196 Å². The van der Waals surface area contributed by atoms with Gasteiger partial charge in [0.2, 0.25) is 0 Å². The van der Waals surface area contributed by atoms with E-state index >= 15 is 8.78 Å². The van der Waals surface area contributed by atoms with E-state index in [-0.39, 0.29) is 17.5 Å². The number of hydrogen-bond donors (Lipinski definition) is 1. The fourth-order valence-corrected chi connectivity index (χ4v) is 15.5. The maximum atomic E-state index is 15.4. The Labute approximate surface area is 568 Å². The third kappa shape index (κ3) is 13.3. The number of halogens is 3. The van der Waals surface area contributed by atoms with E-state index in [0.717, 1.165) is 198 Å². The van der Waals surface area contributed by atoms with Crippen molar-refractivity contribution in [2.24, 2.45) is 0 Å². The van der Waals surface area contributed by atoms with E-state index in [1.165, 1.54) is 11.6 Å². The average molecular weight is 1330 g/mol. The lowest BCUT2D eigenvalue weighted by Crippen LogP contribution is -2.34. The Balaban J connectivity index is 0.000000123. The fourth-order valence-electron chi connectivity index (χ4n) is 14.4. The molecule has 0 radical (unpaired) electrons. The van der Waals surface area contributed by atoms with Gasteiger partial charge in [-0.3, -0.25) is 9.97 Å². The van der Waals surface area contributed by atoms with Crippen molar-refractivity contribution in [3.8, 4) is 33.2 Å². The first-order chi connectivity index (χ1) is 47.6. The third-order valence-electron chi connectivity index (χ3n) is 19.7. The predicted octanol–water partition coefficient (Wildman–Crippen LogP) is 15.6. The van der Waals surface area contributed by atoms with Gasteiger partial charge in [-0.2, -0.15) is 35.7 Å². The van der Waals surface area contributed by atoms with Crippen LogP contribution in [0.2, 0.25) is 0 Å². The predicted molar refractivity (Wildman–Crippen MR) is 380 cm³/mol. The Hall–Kier alpha value is -9.61. The van der Waals surface area contributed by atoms with Gasteiger partial charge in [0, 0.05) is 85.7 Å². The van der Waals surface area contributed by atoms with Gasteiger partial charge in [0.1, 0.15) is 39.3 Å². The molecule has 3 aliphatic rings. The minimum atomic E-state index is -0.302. The van der Waals surface area contributed by atoms with Crippen LogP contribution in [0.1, 0.15) is 121 Å².